The van der Waals surface area contributed by atoms with E-state index < -0.39 is 0 Å². The highest BCUT2D eigenvalue weighted by Crippen LogP contribution is 2.31. The van der Waals surface area contributed by atoms with E-state index in [9.17, 15) is 4.79 Å². The Morgan fingerprint density at radius 1 is 1.42 bits per heavy atom. The maximum Gasteiger partial charge on any atom is 0.217 e. The number of hydrogen-bond donors (Lipinski definition) is 1. The number of carbonyl (C=O) groups excluding carboxylic acids is 1. The van der Waals surface area contributed by atoms with Crippen molar-refractivity contribution in [1.29, 1.82) is 0 Å². The lowest BCUT2D eigenvalue weighted by Crippen LogP contribution is -2.30. The van der Waals surface area contributed by atoms with Crippen molar-refractivity contribution in [2.75, 3.05) is 0 Å². The van der Waals surface area contributed by atoms with Crippen molar-refractivity contribution in [3.63, 3.8) is 0 Å². The van der Waals surface area contributed by atoms with E-state index in [-0.39, 0.29) is 5.91 Å². The highest BCUT2D eigenvalue weighted by atomic mass is 16.1. The van der Waals surface area contributed by atoms with E-state index >= 15 is 0 Å². The molecule has 1 saturated carbocycles. The van der Waals surface area contributed by atoms with Crippen LogP contribution in [0.15, 0.2) is 0 Å². The van der Waals surface area contributed by atoms with Gasteiger partial charge in [-0.1, -0.05) is 13.8 Å². The molecule has 1 aliphatic carbocycles. The van der Waals surface area contributed by atoms with Crippen molar-refractivity contribution in [3.8, 4) is 0 Å². The Balaban J connectivity index is 2.30. The molecule has 2 atom stereocenters. The molecule has 0 aromatic heterocycles. The number of hydrogen-bond acceptors (Lipinski definition) is 1. The van der Waals surface area contributed by atoms with Crippen molar-refractivity contribution in [3.05, 3.63) is 0 Å². The Labute approximate surface area is 74.7 Å². The van der Waals surface area contributed by atoms with Crippen LogP contribution >= 0.6 is 0 Å². The molecule has 2 heteroatoms. The summed E-state index contributed by atoms with van der Waals surface area (Å²) in [4.78, 5) is 10.8. The second-order valence-electron chi connectivity index (χ2n) is 4.21. The van der Waals surface area contributed by atoms with E-state index in [0.29, 0.717) is 6.04 Å². The third kappa shape index (κ3) is 2.50. The summed E-state index contributed by atoms with van der Waals surface area (Å²) >= 11 is 0. The first-order valence-corrected chi connectivity index (χ1v) is 4.86. The van der Waals surface area contributed by atoms with Gasteiger partial charge in [-0.15, -0.1) is 0 Å². The van der Waals surface area contributed by atoms with E-state index in [1.54, 1.807) is 6.92 Å². The van der Waals surface area contributed by atoms with Crippen LogP contribution in [0.2, 0.25) is 0 Å². The summed E-state index contributed by atoms with van der Waals surface area (Å²) in [6.45, 7) is 6.13. The van der Waals surface area contributed by atoms with Crippen LogP contribution in [0.25, 0.3) is 0 Å². The molecule has 0 saturated heterocycles. The third-order valence-corrected chi connectivity index (χ3v) is 2.82. The van der Waals surface area contributed by atoms with Gasteiger partial charge in [-0.2, -0.15) is 0 Å². The Hall–Kier alpha value is -0.530. The Morgan fingerprint density at radius 2 is 2.08 bits per heavy atom. The molecular weight excluding hydrogens is 150 g/mol. The number of carbonyl (C=O) groups is 1. The lowest BCUT2D eigenvalue weighted by Gasteiger charge is -2.14. The monoisotopic (exact) mass is 169 g/mol. The summed E-state index contributed by atoms with van der Waals surface area (Å²) < 4.78 is 0. The average molecular weight is 169 g/mol. The average Bonchev–Trinajstić information content (AvgIpc) is 2.34. The van der Waals surface area contributed by atoms with Crippen LogP contribution in [-0.4, -0.2) is 11.9 Å². The van der Waals surface area contributed by atoms with Crippen LogP contribution in [0, 0.1) is 11.8 Å². The van der Waals surface area contributed by atoms with E-state index in [0.717, 1.165) is 11.8 Å². The van der Waals surface area contributed by atoms with Gasteiger partial charge in [0, 0.05) is 13.0 Å². The minimum Gasteiger partial charge on any atom is -0.354 e. The zero-order valence-corrected chi connectivity index (χ0v) is 8.26. The van der Waals surface area contributed by atoms with Crippen molar-refractivity contribution in [2.45, 2.75) is 46.1 Å². The minimum absolute atomic E-state index is 0.115. The first-order chi connectivity index (χ1) is 5.59. The van der Waals surface area contributed by atoms with Gasteiger partial charge in [0.05, 0.1) is 0 Å². The fraction of sp³-hybridized carbons (Fsp3) is 0.900. The summed E-state index contributed by atoms with van der Waals surface area (Å²) in [5.41, 5.74) is 0. The standard InChI is InChI=1S/C10H19NO/c1-7(2)9-4-5-10(6-9)11-8(3)12/h7,9-10H,4-6H2,1-3H3,(H,11,12)/t9-,10+/m0/s1. The first kappa shape index (κ1) is 9.56. The molecule has 0 aromatic carbocycles. The lowest BCUT2D eigenvalue weighted by atomic mass is 9.94. The van der Waals surface area contributed by atoms with E-state index in [1.165, 1.54) is 19.3 Å². The molecule has 1 aliphatic rings. The van der Waals surface area contributed by atoms with Gasteiger partial charge in [0.15, 0.2) is 0 Å². The molecule has 1 rings (SSSR count). The van der Waals surface area contributed by atoms with Crippen LogP contribution in [0.1, 0.15) is 40.0 Å². The molecule has 0 heterocycles. The maximum atomic E-state index is 10.8. The summed E-state index contributed by atoms with van der Waals surface area (Å²) in [7, 11) is 0. The van der Waals surface area contributed by atoms with E-state index in [1.807, 2.05) is 0 Å². The molecule has 0 aliphatic heterocycles. The second kappa shape index (κ2) is 3.92. The molecule has 0 radical (unpaired) electrons. The van der Waals surface area contributed by atoms with Crippen molar-refractivity contribution in [1.82, 2.24) is 5.32 Å². The van der Waals surface area contributed by atoms with Gasteiger partial charge in [-0.3, -0.25) is 4.79 Å². The largest absolute Gasteiger partial charge is 0.354 e. The molecule has 0 unspecified atom stereocenters. The molecule has 12 heavy (non-hydrogen) atoms. The summed E-state index contributed by atoms with van der Waals surface area (Å²) in [6, 6.07) is 0.454. The Morgan fingerprint density at radius 3 is 2.50 bits per heavy atom. The Kier molecular flexibility index (Phi) is 3.12. The van der Waals surface area contributed by atoms with Crippen molar-refractivity contribution < 1.29 is 4.79 Å². The summed E-state index contributed by atoms with van der Waals surface area (Å²) in [6.07, 6.45) is 3.63. The number of rotatable bonds is 2. The van der Waals surface area contributed by atoms with E-state index in [4.69, 9.17) is 0 Å². The normalized spacial score (nSPS) is 29.3. The van der Waals surface area contributed by atoms with Gasteiger partial charge in [-0.25, -0.2) is 0 Å². The predicted octanol–water partition coefficient (Wildman–Crippen LogP) is 1.95. The van der Waals surface area contributed by atoms with Crippen LogP contribution in [0.5, 0.6) is 0 Å². The van der Waals surface area contributed by atoms with Gasteiger partial charge in [0.25, 0.3) is 0 Å². The first-order valence-electron chi connectivity index (χ1n) is 4.86. The minimum atomic E-state index is 0.115. The topological polar surface area (TPSA) is 29.1 Å². The zero-order chi connectivity index (χ0) is 9.14. The summed E-state index contributed by atoms with van der Waals surface area (Å²) in [5.74, 6) is 1.70. The van der Waals surface area contributed by atoms with Crippen LogP contribution in [-0.2, 0) is 4.79 Å². The lowest BCUT2D eigenvalue weighted by molar-refractivity contribution is -0.119. The molecule has 0 aromatic rings. The highest BCUT2D eigenvalue weighted by molar-refractivity contribution is 5.73. The van der Waals surface area contributed by atoms with Crippen LogP contribution in [0.3, 0.4) is 0 Å². The molecule has 0 bridgehead atoms. The fourth-order valence-corrected chi connectivity index (χ4v) is 2.04. The summed E-state index contributed by atoms with van der Waals surface area (Å²) in [5, 5.41) is 2.99. The van der Waals surface area contributed by atoms with Crippen LogP contribution in [0.4, 0.5) is 0 Å². The van der Waals surface area contributed by atoms with Crippen molar-refractivity contribution >= 4 is 5.91 Å². The third-order valence-electron chi connectivity index (χ3n) is 2.82. The number of nitrogens with one attached hydrogen (secondary N) is 1. The SMILES string of the molecule is CC(=O)N[C@@H]1CC[C@H](C(C)C)C1. The second-order valence-corrected chi connectivity index (χ2v) is 4.21. The Bertz CT molecular complexity index is 165. The fourth-order valence-electron chi connectivity index (χ4n) is 2.04. The molecule has 2 nitrogen and oxygen atoms in total. The van der Waals surface area contributed by atoms with Crippen molar-refractivity contribution in [2.24, 2.45) is 11.8 Å². The molecule has 1 N–H and O–H groups in total. The number of amides is 1. The van der Waals surface area contributed by atoms with Gasteiger partial charge in [0.1, 0.15) is 0 Å². The zero-order valence-electron chi connectivity index (χ0n) is 8.26. The maximum absolute atomic E-state index is 10.8. The molecule has 70 valence electrons. The van der Waals surface area contributed by atoms with Gasteiger partial charge in [-0.05, 0) is 31.1 Å². The van der Waals surface area contributed by atoms with Gasteiger partial charge in [0.2, 0.25) is 5.91 Å². The van der Waals surface area contributed by atoms with Crippen LogP contribution < -0.4 is 5.32 Å². The molecular formula is C10H19NO. The van der Waals surface area contributed by atoms with Gasteiger partial charge < -0.3 is 5.32 Å². The smallest absolute Gasteiger partial charge is 0.217 e. The van der Waals surface area contributed by atoms with E-state index in [2.05, 4.69) is 19.2 Å². The van der Waals surface area contributed by atoms with Gasteiger partial charge >= 0.3 is 0 Å². The highest BCUT2D eigenvalue weighted by Gasteiger charge is 2.26. The molecule has 1 fully saturated rings. The quantitative estimate of drug-likeness (QED) is 0.672. The predicted molar refractivity (Wildman–Crippen MR) is 49.8 cm³/mol. The molecule has 0 spiro atoms. The molecule has 1 amide bonds.